The van der Waals surface area contributed by atoms with Gasteiger partial charge in [-0.05, 0) is 25.0 Å². The zero-order chi connectivity index (χ0) is 13.1. The molecule has 0 spiro atoms. The first-order valence-corrected chi connectivity index (χ1v) is 6.33. The van der Waals surface area contributed by atoms with Gasteiger partial charge in [-0.15, -0.1) is 0 Å². The van der Waals surface area contributed by atoms with E-state index in [1.165, 1.54) is 0 Å². The molecule has 0 bridgehead atoms. The molecule has 1 aliphatic rings. The van der Waals surface area contributed by atoms with Crippen molar-refractivity contribution in [2.24, 2.45) is 5.73 Å². The van der Waals surface area contributed by atoms with Crippen molar-refractivity contribution in [2.75, 3.05) is 13.6 Å². The molecular weight excluding hydrogens is 228 g/mol. The van der Waals surface area contributed by atoms with Crippen LogP contribution in [0.15, 0.2) is 24.3 Å². The van der Waals surface area contributed by atoms with Crippen LogP contribution in [-0.4, -0.2) is 36.5 Å². The van der Waals surface area contributed by atoms with Gasteiger partial charge in [-0.1, -0.05) is 18.2 Å². The van der Waals surface area contributed by atoms with Crippen LogP contribution in [0, 0.1) is 0 Å². The van der Waals surface area contributed by atoms with Gasteiger partial charge in [0.15, 0.2) is 6.10 Å². The van der Waals surface area contributed by atoms with E-state index in [4.69, 9.17) is 10.5 Å². The van der Waals surface area contributed by atoms with Crippen LogP contribution in [0.5, 0.6) is 5.75 Å². The summed E-state index contributed by atoms with van der Waals surface area (Å²) < 4.78 is 5.67. The Morgan fingerprint density at radius 3 is 2.94 bits per heavy atom. The molecule has 4 nitrogen and oxygen atoms in total. The number of likely N-dealkylation sites (N-methyl/N-ethyl adjacent to an activating group) is 1. The fourth-order valence-corrected chi connectivity index (χ4v) is 2.07. The maximum Gasteiger partial charge on any atom is 0.263 e. The number of nitrogens with zero attached hydrogens (tertiary/aromatic N) is 1. The maximum absolute atomic E-state index is 12.2. The second-order valence-electron chi connectivity index (χ2n) is 4.94. The average molecular weight is 248 g/mol. The molecule has 1 amide bonds. The van der Waals surface area contributed by atoms with Crippen LogP contribution in [0.3, 0.4) is 0 Å². The van der Waals surface area contributed by atoms with Crippen LogP contribution in [0.25, 0.3) is 0 Å². The zero-order valence-corrected chi connectivity index (χ0v) is 10.9. The third-order valence-electron chi connectivity index (χ3n) is 3.22. The first-order chi connectivity index (χ1) is 8.58. The summed E-state index contributed by atoms with van der Waals surface area (Å²) in [6, 6.07) is 7.91. The molecule has 18 heavy (non-hydrogen) atoms. The number of ether oxygens (including phenoxy) is 1. The highest BCUT2D eigenvalue weighted by Gasteiger charge is 2.30. The summed E-state index contributed by atoms with van der Waals surface area (Å²) in [5.41, 5.74) is 6.80. The predicted molar refractivity (Wildman–Crippen MR) is 70.5 cm³/mol. The normalized spacial score (nSPS) is 18.9. The highest BCUT2D eigenvalue weighted by molar-refractivity contribution is 5.82. The molecule has 1 aliphatic heterocycles. The molecule has 1 aromatic carbocycles. The third kappa shape index (κ3) is 2.82. The molecule has 0 saturated carbocycles. The number of hydrogen-bond donors (Lipinski definition) is 1. The summed E-state index contributed by atoms with van der Waals surface area (Å²) >= 11 is 0. The lowest BCUT2D eigenvalue weighted by Gasteiger charge is -2.21. The van der Waals surface area contributed by atoms with Crippen molar-refractivity contribution in [3.63, 3.8) is 0 Å². The van der Waals surface area contributed by atoms with E-state index < -0.39 is 0 Å². The second-order valence-corrected chi connectivity index (χ2v) is 4.94. The summed E-state index contributed by atoms with van der Waals surface area (Å²) in [5, 5.41) is 0. The average Bonchev–Trinajstić information content (AvgIpc) is 2.78. The molecule has 4 heteroatoms. The van der Waals surface area contributed by atoms with E-state index in [-0.39, 0.29) is 18.1 Å². The highest BCUT2D eigenvalue weighted by Crippen LogP contribution is 2.28. The number of rotatable bonds is 4. The van der Waals surface area contributed by atoms with Crippen molar-refractivity contribution in [3.8, 4) is 5.75 Å². The predicted octanol–water partition coefficient (Wildman–Crippen LogP) is 1.19. The van der Waals surface area contributed by atoms with Crippen molar-refractivity contribution in [1.29, 1.82) is 0 Å². The third-order valence-corrected chi connectivity index (χ3v) is 3.22. The second kappa shape index (κ2) is 5.40. The van der Waals surface area contributed by atoms with Gasteiger partial charge >= 0.3 is 0 Å². The van der Waals surface area contributed by atoms with Gasteiger partial charge in [0.05, 0.1) is 0 Å². The van der Waals surface area contributed by atoms with E-state index in [1.807, 2.05) is 31.2 Å². The first kappa shape index (κ1) is 12.9. The molecule has 2 N–H and O–H groups in total. The Bertz CT molecular complexity index is 407. The Hall–Kier alpha value is -1.55. The molecule has 0 saturated heterocycles. The number of para-hydroxylation sites is 1. The number of hydrogen-bond acceptors (Lipinski definition) is 3. The smallest absolute Gasteiger partial charge is 0.263 e. The van der Waals surface area contributed by atoms with Crippen molar-refractivity contribution in [2.45, 2.75) is 31.9 Å². The maximum atomic E-state index is 12.2. The minimum absolute atomic E-state index is 0.0341. The first-order valence-electron chi connectivity index (χ1n) is 6.33. The Morgan fingerprint density at radius 2 is 2.28 bits per heavy atom. The summed E-state index contributed by atoms with van der Waals surface area (Å²) in [6.45, 7) is 2.62. The summed E-state index contributed by atoms with van der Waals surface area (Å²) in [6.07, 6.45) is 1.10. The number of carbonyl (C=O) groups is 1. The molecule has 98 valence electrons. The summed E-state index contributed by atoms with van der Waals surface area (Å²) in [7, 11) is 1.80. The molecule has 0 radical (unpaired) electrons. The minimum Gasteiger partial charge on any atom is -0.480 e. The molecular formula is C14H20N2O2. The largest absolute Gasteiger partial charge is 0.480 e. The summed E-state index contributed by atoms with van der Waals surface area (Å²) in [4.78, 5) is 13.9. The van der Waals surface area contributed by atoms with Crippen LogP contribution in [-0.2, 0) is 11.2 Å². The molecule has 1 heterocycles. The van der Waals surface area contributed by atoms with Crippen LogP contribution < -0.4 is 10.5 Å². The van der Waals surface area contributed by atoms with Gasteiger partial charge in [0.25, 0.3) is 5.91 Å². The van der Waals surface area contributed by atoms with E-state index >= 15 is 0 Å². The molecule has 0 aliphatic carbocycles. The number of nitrogens with two attached hydrogens (primary N) is 1. The Kier molecular flexibility index (Phi) is 3.87. The molecule has 2 atom stereocenters. The topological polar surface area (TPSA) is 55.6 Å². The van der Waals surface area contributed by atoms with Crippen molar-refractivity contribution >= 4 is 5.91 Å². The van der Waals surface area contributed by atoms with Crippen LogP contribution >= 0.6 is 0 Å². The summed E-state index contributed by atoms with van der Waals surface area (Å²) in [5.74, 6) is 0.864. The van der Waals surface area contributed by atoms with Gasteiger partial charge in [-0.2, -0.15) is 0 Å². The molecule has 0 aromatic heterocycles. The van der Waals surface area contributed by atoms with Gasteiger partial charge in [-0.3, -0.25) is 4.79 Å². The fraction of sp³-hybridized carbons (Fsp3) is 0.500. The van der Waals surface area contributed by atoms with Crippen molar-refractivity contribution < 1.29 is 9.53 Å². The van der Waals surface area contributed by atoms with Gasteiger partial charge in [-0.25, -0.2) is 0 Å². The van der Waals surface area contributed by atoms with Crippen molar-refractivity contribution in [1.82, 2.24) is 4.90 Å². The molecule has 1 aromatic rings. The van der Waals surface area contributed by atoms with Gasteiger partial charge in [0, 0.05) is 26.1 Å². The van der Waals surface area contributed by atoms with Crippen molar-refractivity contribution in [3.05, 3.63) is 29.8 Å². The minimum atomic E-state index is -0.375. The van der Waals surface area contributed by atoms with Gasteiger partial charge in [0.2, 0.25) is 0 Å². The van der Waals surface area contributed by atoms with Gasteiger partial charge in [0.1, 0.15) is 5.75 Å². The quantitative estimate of drug-likeness (QED) is 0.870. The lowest BCUT2D eigenvalue weighted by atomic mass is 10.1. The van der Waals surface area contributed by atoms with Crippen LogP contribution in [0.4, 0.5) is 0 Å². The van der Waals surface area contributed by atoms with Gasteiger partial charge < -0.3 is 15.4 Å². The van der Waals surface area contributed by atoms with Crippen LogP contribution in [0.2, 0.25) is 0 Å². The molecule has 0 fully saturated rings. The molecule has 2 unspecified atom stereocenters. The van der Waals surface area contributed by atoms with E-state index in [9.17, 15) is 4.79 Å². The molecule has 2 rings (SSSR count). The van der Waals surface area contributed by atoms with E-state index in [0.29, 0.717) is 13.0 Å². The number of amides is 1. The highest BCUT2D eigenvalue weighted by atomic mass is 16.5. The lowest BCUT2D eigenvalue weighted by molar-refractivity contribution is -0.136. The van der Waals surface area contributed by atoms with E-state index in [1.54, 1.807) is 11.9 Å². The standard InChI is InChI=1S/C14H20N2O2/c1-10(15)7-8-16(2)14(17)13-9-11-5-3-4-6-12(11)18-13/h3-6,10,13H,7-9,15H2,1-2H3. The fourth-order valence-electron chi connectivity index (χ4n) is 2.07. The van der Waals surface area contributed by atoms with E-state index in [2.05, 4.69) is 0 Å². The number of carbonyl (C=O) groups excluding carboxylic acids is 1. The Labute approximate surface area is 108 Å². The Morgan fingerprint density at radius 1 is 1.56 bits per heavy atom. The van der Waals surface area contributed by atoms with E-state index in [0.717, 1.165) is 17.7 Å². The lowest BCUT2D eigenvalue weighted by Crippen LogP contribution is -2.40. The number of fused-ring (bicyclic) bond motifs is 1. The Balaban J connectivity index is 1.92. The zero-order valence-electron chi connectivity index (χ0n) is 10.9. The monoisotopic (exact) mass is 248 g/mol. The van der Waals surface area contributed by atoms with Crippen LogP contribution in [0.1, 0.15) is 18.9 Å². The number of benzene rings is 1. The SMILES string of the molecule is CC(N)CCN(C)C(=O)C1Cc2ccccc2O1.